The lowest BCUT2D eigenvalue weighted by Gasteiger charge is -2.33. The lowest BCUT2D eigenvalue weighted by molar-refractivity contribution is 0.178. The number of rotatable bonds is 2. The molecule has 6 heteroatoms. The number of benzene rings is 1. The van der Waals surface area contributed by atoms with Gasteiger partial charge >= 0.3 is 6.03 Å². The second kappa shape index (κ2) is 7.69. The summed E-state index contributed by atoms with van der Waals surface area (Å²) in [6, 6.07) is 6.57. The molecular weight excluding hydrogens is 344 g/mol. The van der Waals surface area contributed by atoms with E-state index in [9.17, 15) is 4.79 Å². The minimum absolute atomic E-state index is 0.0650. The van der Waals surface area contributed by atoms with Crippen LogP contribution < -0.4 is 15.6 Å². The highest BCUT2D eigenvalue weighted by molar-refractivity contribution is 8.00. The highest BCUT2D eigenvalue weighted by Gasteiger charge is 2.33. The Balaban J connectivity index is 1.47. The van der Waals surface area contributed by atoms with Gasteiger partial charge in [0.2, 0.25) is 0 Å². The van der Waals surface area contributed by atoms with Crippen LogP contribution in [0.5, 0.6) is 0 Å². The molecule has 1 aromatic rings. The van der Waals surface area contributed by atoms with Gasteiger partial charge in [0.1, 0.15) is 0 Å². The number of hydrazine groups is 2. The van der Waals surface area contributed by atoms with Gasteiger partial charge in [0.05, 0.1) is 11.4 Å². The molecule has 2 fully saturated rings. The van der Waals surface area contributed by atoms with Crippen LogP contribution in [-0.4, -0.2) is 36.3 Å². The van der Waals surface area contributed by atoms with E-state index in [0.717, 1.165) is 48.5 Å². The lowest BCUT2D eigenvalue weighted by Crippen LogP contribution is -2.53. The Morgan fingerprint density at radius 3 is 2.54 bits per heavy atom. The molecule has 1 aromatic carbocycles. The third kappa shape index (κ3) is 3.67. The van der Waals surface area contributed by atoms with Gasteiger partial charge in [-0.3, -0.25) is 5.01 Å². The van der Waals surface area contributed by atoms with Gasteiger partial charge < -0.3 is 4.90 Å². The molecule has 0 aromatic heterocycles. The lowest BCUT2D eigenvalue weighted by atomic mass is 10.00. The van der Waals surface area contributed by atoms with Gasteiger partial charge in [-0.15, -0.1) is 17.3 Å². The van der Waals surface area contributed by atoms with Gasteiger partial charge in [0.25, 0.3) is 0 Å². The van der Waals surface area contributed by atoms with E-state index in [4.69, 9.17) is 0 Å². The summed E-state index contributed by atoms with van der Waals surface area (Å²) in [7, 11) is 1.99. The Kier molecular flexibility index (Phi) is 5.32. The van der Waals surface area contributed by atoms with Gasteiger partial charge in [-0.2, -0.15) is 0 Å². The molecule has 1 saturated heterocycles. The van der Waals surface area contributed by atoms with Crippen molar-refractivity contribution in [2.45, 2.75) is 62.0 Å². The van der Waals surface area contributed by atoms with E-state index in [2.05, 4.69) is 30.7 Å². The highest BCUT2D eigenvalue weighted by Crippen LogP contribution is 2.40. The van der Waals surface area contributed by atoms with Gasteiger partial charge in [0.15, 0.2) is 0 Å². The summed E-state index contributed by atoms with van der Waals surface area (Å²) < 4.78 is 0. The number of nitrogens with one attached hydrogen (secondary N) is 1. The standard InChI is InChI=1S/C20H30N4OS/c1-15-10-12-23(13-11-15)20(25)24-18-9-8-17(14-19(18)22(2)21-24)26-16-6-4-3-5-7-16/h8-9,14-16,21H,3-7,10-13H2,1-2H3. The van der Waals surface area contributed by atoms with E-state index in [0.29, 0.717) is 0 Å². The molecule has 4 rings (SSSR count). The number of piperidine rings is 1. The smallest absolute Gasteiger partial charge is 0.323 e. The number of carbonyl (C=O) groups is 1. The zero-order valence-electron chi connectivity index (χ0n) is 15.9. The molecule has 1 saturated carbocycles. The number of thioether (sulfide) groups is 1. The van der Waals surface area contributed by atoms with Crippen LogP contribution >= 0.6 is 11.8 Å². The molecule has 0 radical (unpaired) electrons. The Bertz CT molecular complexity index is 653. The maximum Gasteiger partial charge on any atom is 0.340 e. The van der Waals surface area contributed by atoms with Gasteiger partial charge in [-0.25, -0.2) is 9.80 Å². The van der Waals surface area contributed by atoms with Crippen LogP contribution in [0.3, 0.4) is 0 Å². The predicted octanol–water partition coefficient (Wildman–Crippen LogP) is 4.64. The van der Waals surface area contributed by atoms with Crippen molar-refractivity contribution in [1.82, 2.24) is 10.4 Å². The second-order valence-corrected chi connectivity index (χ2v) is 9.35. The quantitative estimate of drug-likeness (QED) is 0.818. The first kappa shape index (κ1) is 18.0. The average Bonchev–Trinajstić information content (AvgIpc) is 2.99. The molecule has 0 bridgehead atoms. The maximum absolute atomic E-state index is 13.0. The van der Waals surface area contributed by atoms with Crippen LogP contribution in [0.15, 0.2) is 23.1 Å². The molecule has 0 spiro atoms. The van der Waals surface area contributed by atoms with Gasteiger partial charge in [-0.1, -0.05) is 26.2 Å². The van der Waals surface area contributed by atoms with Crippen molar-refractivity contribution >= 4 is 29.2 Å². The Morgan fingerprint density at radius 2 is 1.81 bits per heavy atom. The molecule has 2 heterocycles. The van der Waals surface area contributed by atoms with E-state index in [1.807, 2.05) is 28.7 Å². The normalized spacial score (nSPS) is 22.0. The van der Waals surface area contributed by atoms with Crippen LogP contribution in [0.4, 0.5) is 16.2 Å². The number of hydrogen-bond donors (Lipinski definition) is 1. The first-order valence-electron chi connectivity index (χ1n) is 10.0. The molecule has 5 nitrogen and oxygen atoms in total. The van der Waals surface area contributed by atoms with Crippen LogP contribution in [0, 0.1) is 5.92 Å². The van der Waals surface area contributed by atoms with Crippen molar-refractivity contribution in [3.8, 4) is 0 Å². The predicted molar refractivity (Wildman–Crippen MR) is 109 cm³/mol. The summed E-state index contributed by atoms with van der Waals surface area (Å²) in [6.45, 7) is 3.98. The largest absolute Gasteiger partial charge is 0.340 e. The van der Waals surface area contributed by atoms with Crippen molar-refractivity contribution in [2.24, 2.45) is 5.92 Å². The fraction of sp³-hybridized carbons (Fsp3) is 0.650. The first-order chi connectivity index (χ1) is 12.6. The van der Waals surface area contributed by atoms with Crippen LogP contribution in [0.25, 0.3) is 0 Å². The number of carbonyl (C=O) groups excluding carboxylic acids is 1. The van der Waals surface area contributed by atoms with E-state index in [1.165, 1.54) is 37.0 Å². The third-order valence-corrected chi connectivity index (χ3v) is 7.23. The fourth-order valence-electron chi connectivity index (χ4n) is 4.15. The summed E-state index contributed by atoms with van der Waals surface area (Å²) in [4.78, 5) is 16.3. The topological polar surface area (TPSA) is 38.8 Å². The van der Waals surface area contributed by atoms with Crippen molar-refractivity contribution in [3.63, 3.8) is 0 Å². The van der Waals surface area contributed by atoms with Crippen molar-refractivity contribution in [1.29, 1.82) is 0 Å². The zero-order chi connectivity index (χ0) is 18.1. The minimum atomic E-state index is 0.0650. The maximum atomic E-state index is 13.0. The highest BCUT2D eigenvalue weighted by atomic mass is 32.2. The number of hydrogen-bond acceptors (Lipinski definition) is 4. The fourth-order valence-corrected chi connectivity index (χ4v) is 5.43. The van der Waals surface area contributed by atoms with Crippen molar-refractivity contribution in [2.75, 3.05) is 30.2 Å². The van der Waals surface area contributed by atoms with Crippen molar-refractivity contribution in [3.05, 3.63) is 18.2 Å². The number of fused-ring (bicyclic) bond motifs is 1. The Morgan fingerprint density at radius 1 is 1.08 bits per heavy atom. The number of urea groups is 1. The molecule has 3 aliphatic rings. The molecule has 1 N–H and O–H groups in total. The molecule has 2 amide bonds. The van der Waals surface area contributed by atoms with Gasteiger partial charge in [-0.05, 0) is 49.8 Å². The summed E-state index contributed by atoms with van der Waals surface area (Å²) in [6.07, 6.45) is 8.96. The number of likely N-dealkylation sites (tertiary alicyclic amines) is 1. The summed E-state index contributed by atoms with van der Waals surface area (Å²) in [5.74, 6) is 0.722. The molecule has 1 aliphatic carbocycles. The van der Waals surface area contributed by atoms with E-state index in [1.54, 1.807) is 5.01 Å². The van der Waals surface area contributed by atoms with Crippen molar-refractivity contribution < 1.29 is 4.79 Å². The summed E-state index contributed by atoms with van der Waals surface area (Å²) in [5.41, 5.74) is 5.27. The van der Waals surface area contributed by atoms with Crippen LogP contribution in [-0.2, 0) is 0 Å². The van der Waals surface area contributed by atoms with E-state index < -0.39 is 0 Å². The second-order valence-electron chi connectivity index (χ2n) is 7.97. The Labute approximate surface area is 161 Å². The zero-order valence-corrected chi connectivity index (χ0v) is 16.7. The summed E-state index contributed by atoms with van der Waals surface area (Å²) >= 11 is 2.00. The van der Waals surface area contributed by atoms with E-state index in [-0.39, 0.29) is 6.03 Å². The molecule has 0 unspecified atom stereocenters. The monoisotopic (exact) mass is 374 g/mol. The number of anilines is 2. The summed E-state index contributed by atoms with van der Waals surface area (Å²) in [5, 5.41) is 4.42. The molecular formula is C20H30N4OS. The minimum Gasteiger partial charge on any atom is -0.323 e. The molecule has 26 heavy (non-hydrogen) atoms. The number of nitrogens with zero attached hydrogens (tertiary/aromatic N) is 3. The van der Waals surface area contributed by atoms with Crippen LogP contribution in [0.2, 0.25) is 0 Å². The van der Waals surface area contributed by atoms with Crippen LogP contribution in [0.1, 0.15) is 51.9 Å². The molecule has 0 atom stereocenters. The average molecular weight is 375 g/mol. The number of amides is 2. The SMILES string of the molecule is CC1CCN(C(=O)N2NN(C)c3cc(SC4CCCCC4)ccc32)CC1. The van der Waals surface area contributed by atoms with E-state index >= 15 is 0 Å². The van der Waals surface area contributed by atoms with Gasteiger partial charge in [0, 0.05) is 30.3 Å². The first-order valence-corrected chi connectivity index (χ1v) is 10.9. The Hall–Kier alpha value is -1.40. The molecule has 2 aliphatic heterocycles. The third-order valence-electron chi connectivity index (χ3n) is 5.90. The molecule has 142 valence electrons.